The number of nitrogens with zero attached hydrogens (tertiary/aromatic N) is 5. The van der Waals surface area contributed by atoms with Crippen LogP contribution in [0.5, 0.6) is 0 Å². The summed E-state index contributed by atoms with van der Waals surface area (Å²) in [7, 11) is -3.70. The number of benzene rings is 1. The molecule has 10 nitrogen and oxygen atoms in total. The number of amides is 1. The van der Waals surface area contributed by atoms with E-state index in [1.54, 1.807) is 29.9 Å². The highest BCUT2D eigenvalue weighted by Gasteiger charge is 2.28. The first-order valence-electron chi connectivity index (χ1n) is 14.5. The topological polar surface area (TPSA) is 139 Å². The summed E-state index contributed by atoms with van der Waals surface area (Å²) in [5.41, 5.74) is 12.2. The summed E-state index contributed by atoms with van der Waals surface area (Å²) in [6.45, 7) is 6.43. The number of aryl methyl sites for hydroxylation is 2. The van der Waals surface area contributed by atoms with Crippen LogP contribution in [0.4, 0.5) is 5.82 Å². The van der Waals surface area contributed by atoms with E-state index >= 15 is 0 Å². The minimum Gasteiger partial charge on any atom is -0.384 e. The number of nitrogen functional groups attached to an aromatic ring is 1. The molecule has 4 heterocycles. The highest BCUT2D eigenvalue weighted by molar-refractivity contribution is 7.91. The summed E-state index contributed by atoms with van der Waals surface area (Å²) in [5.74, 6) is 0.0257. The lowest BCUT2D eigenvalue weighted by Crippen LogP contribution is -2.41. The van der Waals surface area contributed by atoms with Crippen molar-refractivity contribution >= 4 is 27.2 Å². The fourth-order valence-corrected chi connectivity index (χ4v) is 6.66. The molecule has 11 heteroatoms. The Morgan fingerprint density at radius 3 is 2.47 bits per heavy atom. The summed E-state index contributed by atoms with van der Waals surface area (Å²) in [4.78, 5) is 24.9. The van der Waals surface area contributed by atoms with E-state index in [0.29, 0.717) is 48.4 Å². The molecule has 43 heavy (non-hydrogen) atoms. The van der Waals surface area contributed by atoms with Crippen LogP contribution in [0.3, 0.4) is 0 Å². The number of carbonyl (C=O) groups is 1. The van der Waals surface area contributed by atoms with E-state index in [2.05, 4.69) is 15.2 Å². The summed E-state index contributed by atoms with van der Waals surface area (Å²) < 4.78 is 27.6. The lowest BCUT2D eigenvalue weighted by atomic mass is 10.0. The van der Waals surface area contributed by atoms with Crippen LogP contribution in [0.1, 0.15) is 54.9 Å². The molecule has 3 N–H and O–H groups in total. The van der Waals surface area contributed by atoms with Gasteiger partial charge >= 0.3 is 0 Å². The molecule has 0 unspecified atom stereocenters. The fraction of sp³-hybridized carbons (Fsp3) is 0.312. The molecule has 0 spiro atoms. The van der Waals surface area contributed by atoms with Crippen LogP contribution >= 0.6 is 0 Å². The van der Waals surface area contributed by atoms with Gasteiger partial charge in [-0.3, -0.25) is 19.3 Å². The van der Waals surface area contributed by atoms with Crippen LogP contribution in [0.2, 0.25) is 0 Å². The highest BCUT2D eigenvalue weighted by Crippen LogP contribution is 2.32. The monoisotopic (exact) mass is 599 g/mol. The Morgan fingerprint density at radius 2 is 1.86 bits per heavy atom. The van der Waals surface area contributed by atoms with Gasteiger partial charge in [-0.15, -0.1) is 0 Å². The van der Waals surface area contributed by atoms with Gasteiger partial charge in [0.1, 0.15) is 16.4 Å². The molecule has 1 aromatic carbocycles. The normalized spacial score (nSPS) is 12.5. The van der Waals surface area contributed by atoms with Crippen molar-refractivity contribution in [2.24, 2.45) is 0 Å². The van der Waals surface area contributed by atoms with Crippen molar-refractivity contribution in [1.29, 1.82) is 0 Å². The molecule has 0 fully saturated rings. The Labute approximate surface area is 251 Å². The van der Waals surface area contributed by atoms with E-state index in [9.17, 15) is 13.2 Å². The minimum atomic E-state index is -3.70. The average Bonchev–Trinajstić information content (AvgIpc) is 3.63. The van der Waals surface area contributed by atoms with E-state index in [1.807, 2.05) is 67.3 Å². The number of aromatic amines is 1. The second-order valence-corrected chi connectivity index (χ2v) is 12.7. The maximum atomic E-state index is 13.5. The largest absolute Gasteiger partial charge is 0.384 e. The van der Waals surface area contributed by atoms with Gasteiger partial charge in [0.25, 0.3) is 5.91 Å². The third-order valence-corrected chi connectivity index (χ3v) is 8.97. The summed E-state index contributed by atoms with van der Waals surface area (Å²) in [5, 5.41) is 6.89. The van der Waals surface area contributed by atoms with Crippen molar-refractivity contribution in [3.8, 4) is 22.4 Å². The quantitative estimate of drug-likeness (QED) is 0.209. The average molecular weight is 600 g/mol. The molecule has 0 aliphatic rings. The molecule has 5 rings (SSSR count). The molecule has 5 aromatic rings. The maximum absolute atomic E-state index is 13.5. The number of H-pyrrole nitrogens is 1. The Morgan fingerprint density at radius 1 is 1.09 bits per heavy atom. The lowest BCUT2D eigenvalue weighted by molar-refractivity contribution is 0.0661. The predicted octanol–water partition coefficient (Wildman–Crippen LogP) is 5.34. The molecule has 1 amide bonds. The number of nitrogens with two attached hydrogens (primary N) is 1. The number of hydrogen-bond acceptors (Lipinski definition) is 7. The van der Waals surface area contributed by atoms with E-state index in [-0.39, 0.29) is 22.7 Å². The zero-order valence-corrected chi connectivity index (χ0v) is 25.7. The number of aromatic nitrogens is 5. The van der Waals surface area contributed by atoms with Crippen LogP contribution < -0.4 is 5.73 Å². The highest BCUT2D eigenvalue weighted by atomic mass is 32.2. The molecule has 0 bridgehead atoms. The number of rotatable bonds is 11. The van der Waals surface area contributed by atoms with Crippen molar-refractivity contribution < 1.29 is 13.2 Å². The van der Waals surface area contributed by atoms with E-state index < -0.39 is 9.84 Å². The number of pyridine rings is 1. The van der Waals surface area contributed by atoms with Crippen molar-refractivity contribution in [1.82, 2.24) is 29.5 Å². The third kappa shape index (κ3) is 6.03. The van der Waals surface area contributed by atoms with Gasteiger partial charge in [0.05, 0.1) is 22.6 Å². The van der Waals surface area contributed by atoms with Crippen LogP contribution in [0.25, 0.3) is 28.0 Å². The fourth-order valence-electron chi connectivity index (χ4n) is 5.60. The number of sulfone groups is 1. The molecule has 0 radical (unpaired) electrons. The Kier molecular flexibility index (Phi) is 8.63. The minimum absolute atomic E-state index is 0.0219. The maximum Gasteiger partial charge on any atom is 0.257 e. The van der Waals surface area contributed by atoms with Crippen LogP contribution in [-0.4, -0.2) is 62.6 Å². The van der Waals surface area contributed by atoms with Crippen molar-refractivity contribution in [2.45, 2.75) is 57.4 Å². The van der Waals surface area contributed by atoms with Gasteiger partial charge in [-0.2, -0.15) is 5.10 Å². The number of anilines is 1. The molecule has 0 saturated heterocycles. The number of carbonyl (C=O) groups excluding carboxylic acids is 1. The zero-order chi connectivity index (χ0) is 30.7. The first-order valence-corrected chi connectivity index (χ1v) is 16.4. The van der Waals surface area contributed by atoms with Gasteiger partial charge in [0.2, 0.25) is 0 Å². The van der Waals surface area contributed by atoms with Gasteiger partial charge in [0.15, 0.2) is 9.84 Å². The molecule has 224 valence electrons. The van der Waals surface area contributed by atoms with E-state index in [4.69, 9.17) is 10.7 Å². The van der Waals surface area contributed by atoms with Gasteiger partial charge in [-0.1, -0.05) is 50.2 Å². The van der Waals surface area contributed by atoms with Gasteiger partial charge < -0.3 is 10.6 Å². The summed E-state index contributed by atoms with van der Waals surface area (Å²) in [6.07, 6.45) is 8.64. The predicted molar refractivity (Wildman–Crippen MR) is 168 cm³/mol. The van der Waals surface area contributed by atoms with Crippen molar-refractivity contribution in [3.63, 3.8) is 0 Å². The molecule has 0 aliphatic heterocycles. The zero-order valence-electron chi connectivity index (χ0n) is 24.9. The first-order chi connectivity index (χ1) is 20.6. The van der Waals surface area contributed by atoms with Gasteiger partial charge in [-0.05, 0) is 44.7 Å². The second kappa shape index (κ2) is 12.4. The standard InChI is InChI=1S/C32H37N7O3S/c1-5-17-38(32(40)26-20-35-37-21(26)3)24(6-2)13-15-28-29(43(4,41)42)30(33)39-18-16-25(31(39)36-28)23-12-14-27(34-19-23)22-10-8-7-9-11-22/h7-12,14,16,18-20,24H,5-6,13,15,17,33H2,1-4H3,(H,35,37)/t24-/m1/s1. The summed E-state index contributed by atoms with van der Waals surface area (Å²) >= 11 is 0. The molecule has 1 atom stereocenters. The lowest BCUT2D eigenvalue weighted by Gasteiger charge is -2.31. The molecular formula is C32H37N7O3S. The number of hydrogen-bond donors (Lipinski definition) is 2. The van der Waals surface area contributed by atoms with E-state index in [1.165, 1.54) is 0 Å². The van der Waals surface area contributed by atoms with Crippen LogP contribution in [-0.2, 0) is 16.3 Å². The Balaban J connectivity index is 1.51. The van der Waals surface area contributed by atoms with Crippen molar-refractivity contribution in [3.05, 3.63) is 84.1 Å². The van der Waals surface area contributed by atoms with Crippen LogP contribution in [0.15, 0.2) is 72.0 Å². The molecular weight excluding hydrogens is 562 g/mol. The van der Waals surface area contributed by atoms with Gasteiger partial charge in [-0.25, -0.2) is 13.4 Å². The summed E-state index contributed by atoms with van der Waals surface area (Å²) in [6, 6.07) is 15.6. The van der Waals surface area contributed by atoms with Crippen molar-refractivity contribution in [2.75, 3.05) is 18.5 Å². The Bertz CT molecular complexity index is 1850. The second-order valence-electron chi connectivity index (χ2n) is 10.7. The molecule has 0 saturated carbocycles. The molecule has 4 aromatic heterocycles. The first kappa shape index (κ1) is 30.0. The van der Waals surface area contributed by atoms with Crippen LogP contribution in [0, 0.1) is 6.92 Å². The number of fused-ring (bicyclic) bond motifs is 1. The molecule has 0 aliphatic carbocycles. The number of nitrogens with one attached hydrogen (secondary N) is 1. The smallest absolute Gasteiger partial charge is 0.257 e. The van der Waals surface area contributed by atoms with E-state index in [0.717, 1.165) is 35.1 Å². The Hall–Kier alpha value is -4.51. The third-order valence-electron chi connectivity index (χ3n) is 7.78. The SMILES string of the molecule is CCCN(C(=O)c1c[nH]nc1C)[C@H](CC)CCc1nc2c(-c3ccc(-c4ccccc4)nc3)ccn2c(N)c1S(C)(=O)=O. The van der Waals surface area contributed by atoms with Gasteiger partial charge in [0, 0.05) is 54.1 Å².